The number of hydrogen-bond donors (Lipinski definition) is 1. The number of ether oxygens (including phenoxy) is 1. The molecular weight excluding hydrogens is 347 g/mol. The molecule has 27 heavy (non-hydrogen) atoms. The van der Waals surface area contributed by atoms with Gasteiger partial charge in [-0.15, -0.1) is 0 Å². The van der Waals surface area contributed by atoms with E-state index in [2.05, 4.69) is 11.0 Å². The van der Waals surface area contributed by atoms with E-state index in [4.69, 9.17) is 4.74 Å². The Hall–Kier alpha value is -2.44. The molecule has 0 spiro atoms. The van der Waals surface area contributed by atoms with Crippen molar-refractivity contribution in [3.63, 3.8) is 0 Å². The van der Waals surface area contributed by atoms with Gasteiger partial charge in [-0.2, -0.15) is 0 Å². The van der Waals surface area contributed by atoms with E-state index in [-0.39, 0.29) is 5.82 Å². The summed E-state index contributed by atoms with van der Waals surface area (Å²) in [6, 6.07) is 11.8. The Balaban J connectivity index is 1.65. The Kier molecular flexibility index (Phi) is 6.08. The lowest BCUT2D eigenvalue weighted by molar-refractivity contribution is -0.144. The molecule has 0 bridgehead atoms. The summed E-state index contributed by atoms with van der Waals surface area (Å²) in [5, 5.41) is 9.71. The number of hydrogen-bond acceptors (Lipinski definition) is 4. The smallest absolute Gasteiger partial charge is 0.325 e. The Morgan fingerprint density at radius 2 is 1.93 bits per heavy atom. The summed E-state index contributed by atoms with van der Waals surface area (Å²) in [5.41, 5.74) is 2.18. The Morgan fingerprint density at radius 3 is 2.56 bits per heavy atom. The van der Waals surface area contributed by atoms with Gasteiger partial charge in [-0.05, 0) is 41.8 Å². The van der Waals surface area contributed by atoms with E-state index in [1.807, 2.05) is 23.1 Å². The average Bonchev–Trinajstić information content (AvgIpc) is 2.66. The van der Waals surface area contributed by atoms with Crippen LogP contribution in [0.3, 0.4) is 0 Å². The van der Waals surface area contributed by atoms with Crippen LogP contribution in [0.1, 0.15) is 22.7 Å². The fraction of sp³-hybridized carbons (Fsp3) is 0.381. The van der Waals surface area contributed by atoms with Crippen LogP contribution in [-0.2, 0) is 11.3 Å². The van der Waals surface area contributed by atoms with Gasteiger partial charge in [0.1, 0.15) is 17.6 Å². The number of methoxy groups -OCH3 is 1. The Morgan fingerprint density at radius 1 is 1.19 bits per heavy atom. The van der Waals surface area contributed by atoms with Crippen LogP contribution < -0.4 is 4.74 Å². The maximum absolute atomic E-state index is 13.9. The van der Waals surface area contributed by atoms with Crippen LogP contribution >= 0.6 is 0 Å². The Bertz CT molecular complexity index is 804. The second-order valence-corrected chi connectivity index (χ2v) is 6.91. The average molecular weight is 372 g/mol. The summed E-state index contributed by atoms with van der Waals surface area (Å²) in [7, 11) is 1.65. The molecule has 3 rings (SSSR count). The SMILES string of the molecule is COc1cccc(CN2CCN(C(C(=O)O)c3ccc(C)c(F)c3)CC2)c1. The number of carbonyl (C=O) groups is 1. The molecule has 1 unspecified atom stereocenters. The lowest BCUT2D eigenvalue weighted by Crippen LogP contribution is -2.48. The highest BCUT2D eigenvalue weighted by molar-refractivity contribution is 5.75. The van der Waals surface area contributed by atoms with Gasteiger partial charge in [0.15, 0.2) is 0 Å². The number of piperazine rings is 1. The van der Waals surface area contributed by atoms with Crippen molar-refractivity contribution in [2.45, 2.75) is 19.5 Å². The summed E-state index contributed by atoms with van der Waals surface area (Å²) in [4.78, 5) is 16.0. The molecule has 144 valence electrons. The third kappa shape index (κ3) is 4.64. The number of carboxylic acids is 1. The van der Waals surface area contributed by atoms with Crippen molar-refractivity contribution in [3.8, 4) is 5.75 Å². The minimum absolute atomic E-state index is 0.365. The van der Waals surface area contributed by atoms with E-state index >= 15 is 0 Å². The molecule has 2 aromatic rings. The number of nitrogens with zero attached hydrogens (tertiary/aromatic N) is 2. The van der Waals surface area contributed by atoms with E-state index < -0.39 is 12.0 Å². The fourth-order valence-corrected chi connectivity index (χ4v) is 3.50. The van der Waals surface area contributed by atoms with Crippen molar-refractivity contribution in [2.24, 2.45) is 0 Å². The first-order chi connectivity index (χ1) is 13.0. The van der Waals surface area contributed by atoms with Crippen molar-refractivity contribution in [2.75, 3.05) is 33.3 Å². The second-order valence-electron chi connectivity index (χ2n) is 6.91. The topological polar surface area (TPSA) is 53.0 Å². The number of aryl methyl sites for hydroxylation is 1. The summed E-state index contributed by atoms with van der Waals surface area (Å²) >= 11 is 0. The molecule has 1 saturated heterocycles. The molecule has 0 aromatic heterocycles. The summed E-state index contributed by atoms with van der Waals surface area (Å²) < 4.78 is 19.2. The van der Waals surface area contributed by atoms with Crippen molar-refractivity contribution in [1.82, 2.24) is 9.80 Å². The molecule has 0 saturated carbocycles. The predicted octanol–water partition coefficient (Wildman–Crippen LogP) is 3.09. The highest BCUT2D eigenvalue weighted by atomic mass is 19.1. The zero-order chi connectivity index (χ0) is 19.4. The van der Waals surface area contributed by atoms with Gasteiger partial charge in [-0.1, -0.05) is 24.3 Å². The molecule has 1 fully saturated rings. The van der Waals surface area contributed by atoms with Crippen LogP contribution in [0, 0.1) is 12.7 Å². The van der Waals surface area contributed by atoms with Crippen molar-refractivity contribution in [1.29, 1.82) is 0 Å². The number of rotatable bonds is 6. The van der Waals surface area contributed by atoms with Crippen LogP contribution in [0.4, 0.5) is 4.39 Å². The molecule has 1 aliphatic heterocycles. The molecule has 1 heterocycles. The summed E-state index contributed by atoms with van der Waals surface area (Å²) in [6.07, 6.45) is 0. The van der Waals surface area contributed by atoms with Gasteiger partial charge in [0, 0.05) is 32.7 Å². The zero-order valence-corrected chi connectivity index (χ0v) is 15.7. The number of carboxylic acid groups (broad SMARTS) is 1. The van der Waals surface area contributed by atoms with E-state index in [0.29, 0.717) is 24.2 Å². The van der Waals surface area contributed by atoms with Gasteiger partial charge in [-0.25, -0.2) is 4.39 Å². The van der Waals surface area contributed by atoms with Crippen molar-refractivity contribution >= 4 is 5.97 Å². The van der Waals surface area contributed by atoms with Gasteiger partial charge < -0.3 is 9.84 Å². The molecule has 1 N–H and O–H groups in total. The normalized spacial score (nSPS) is 16.9. The van der Waals surface area contributed by atoms with Crippen molar-refractivity contribution in [3.05, 3.63) is 65.0 Å². The lowest BCUT2D eigenvalue weighted by atomic mass is 10.0. The van der Waals surface area contributed by atoms with E-state index in [0.717, 1.165) is 30.9 Å². The zero-order valence-electron chi connectivity index (χ0n) is 15.7. The number of halogens is 1. The first-order valence-corrected chi connectivity index (χ1v) is 9.06. The molecule has 5 nitrogen and oxygen atoms in total. The van der Waals surface area contributed by atoms with Gasteiger partial charge in [0.05, 0.1) is 7.11 Å². The standard InChI is InChI=1S/C21H25FN2O3/c1-15-6-7-17(13-19(15)22)20(21(25)26)24-10-8-23(9-11-24)14-16-4-3-5-18(12-16)27-2/h3-7,12-13,20H,8-11,14H2,1-2H3,(H,25,26). The largest absolute Gasteiger partial charge is 0.497 e. The first-order valence-electron chi connectivity index (χ1n) is 9.06. The van der Waals surface area contributed by atoms with Crippen LogP contribution in [-0.4, -0.2) is 54.2 Å². The molecule has 0 radical (unpaired) electrons. The molecule has 2 aromatic carbocycles. The van der Waals surface area contributed by atoms with Crippen LogP contribution in [0.25, 0.3) is 0 Å². The monoisotopic (exact) mass is 372 g/mol. The van der Waals surface area contributed by atoms with E-state index in [9.17, 15) is 14.3 Å². The molecule has 1 aliphatic rings. The fourth-order valence-electron chi connectivity index (χ4n) is 3.50. The molecule has 0 aliphatic carbocycles. The van der Waals surface area contributed by atoms with E-state index in [1.54, 1.807) is 26.2 Å². The molecule has 6 heteroatoms. The Labute approximate surface area is 159 Å². The summed E-state index contributed by atoms with van der Waals surface area (Å²) in [5.74, 6) is -0.478. The van der Waals surface area contributed by atoms with Gasteiger partial charge in [0.25, 0.3) is 0 Å². The first kappa shape index (κ1) is 19.3. The van der Waals surface area contributed by atoms with Crippen molar-refractivity contribution < 1.29 is 19.0 Å². The van der Waals surface area contributed by atoms with Gasteiger partial charge in [0.2, 0.25) is 0 Å². The third-order valence-corrected chi connectivity index (χ3v) is 5.06. The van der Waals surface area contributed by atoms with Gasteiger partial charge >= 0.3 is 5.97 Å². The van der Waals surface area contributed by atoms with Gasteiger partial charge in [-0.3, -0.25) is 14.6 Å². The second kappa shape index (κ2) is 8.50. The van der Waals surface area contributed by atoms with Crippen LogP contribution in [0.5, 0.6) is 5.75 Å². The maximum Gasteiger partial charge on any atom is 0.325 e. The maximum atomic E-state index is 13.9. The third-order valence-electron chi connectivity index (χ3n) is 5.06. The van der Waals surface area contributed by atoms with E-state index in [1.165, 1.54) is 6.07 Å². The van der Waals surface area contributed by atoms with Crippen LogP contribution in [0.15, 0.2) is 42.5 Å². The number of aliphatic carboxylic acids is 1. The predicted molar refractivity (Wildman–Crippen MR) is 101 cm³/mol. The quantitative estimate of drug-likeness (QED) is 0.845. The highest BCUT2D eigenvalue weighted by Gasteiger charge is 2.30. The minimum atomic E-state index is -0.945. The molecular formula is C21H25FN2O3. The molecule has 1 atom stereocenters. The number of benzene rings is 2. The lowest BCUT2D eigenvalue weighted by Gasteiger charge is -2.38. The molecule has 0 amide bonds. The highest BCUT2D eigenvalue weighted by Crippen LogP contribution is 2.25. The van der Waals surface area contributed by atoms with Crippen LogP contribution in [0.2, 0.25) is 0 Å². The summed E-state index contributed by atoms with van der Waals surface area (Å²) in [6.45, 7) is 5.23. The minimum Gasteiger partial charge on any atom is -0.497 e.